The van der Waals surface area contributed by atoms with E-state index >= 15 is 0 Å². The molecule has 2 aromatic carbocycles. The summed E-state index contributed by atoms with van der Waals surface area (Å²) in [5.74, 6) is 0.204. The standard InChI is InChI=1S/C16H14Cl2N2O2/c1-10-3-5-12(13(17)7-10)16(21)20-19-9-11-4-6-15(22-2)14(18)8-11/h3-9H,1-2H3,(H,20,21). The Hall–Kier alpha value is -2.04. The molecule has 0 aliphatic carbocycles. The number of halogens is 2. The van der Waals surface area contributed by atoms with Crippen LogP contribution in [-0.4, -0.2) is 19.2 Å². The Kier molecular flexibility index (Phi) is 5.41. The molecule has 2 aromatic rings. The molecule has 1 amide bonds. The van der Waals surface area contributed by atoms with E-state index in [0.29, 0.717) is 21.4 Å². The van der Waals surface area contributed by atoms with E-state index in [1.54, 1.807) is 37.4 Å². The molecule has 0 heterocycles. The van der Waals surface area contributed by atoms with Crippen LogP contribution in [0.5, 0.6) is 5.75 Å². The van der Waals surface area contributed by atoms with Gasteiger partial charge in [0.2, 0.25) is 0 Å². The lowest BCUT2D eigenvalue weighted by Gasteiger charge is -2.04. The second-order valence-electron chi connectivity index (χ2n) is 4.58. The first-order chi connectivity index (χ1) is 10.5. The molecular weight excluding hydrogens is 323 g/mol. The van der Waals surface area contributed by atoms with E-state index in [2.05, 4.69) is 10.5 Å². The van der Waals surface area contributed by atoms with E-state index < -0.39 is 0 Å². The molecule has 6 heteroatoms. The fourth-order valence-corrected chi connectivity index (χ4v) is 2.38. The van der Waals surface area contributed by atoms with Crippen LogP contribution in [0.4, 0.5) is 0 Å². The van der Waals surface area contributed by atoms with Crippen molar-refractivity contribution in [3.8, 4) is 5.75 Å². The Balaban J connectivity index is 2.05. The predicted molar refractivity (Wildman–Crippen MR) is 89.3 cm³/mol. The lowest BCUT2D eigenvalue weighted by molar-refractivity contribution is 0.0955. The van der Waals surface area contributed by atoms with Gasteiger partial charge >= 0.3 is 0 Å². The van der Waals surface area contributed by atoms with Crippen LogP contribution < -0.4 is 10.2 Å². The Morgan fingerprint density at radius 1 is 1.18 bits per heavy atom. The Labute approximate surface area is 138 Å². The van der Waals surface area contributed by atoms with Gasteiger partial charge in [0, 0.05) is 0 Å². The number of carbonyl (C=O) groups is 1. The van der Waals surface area contributed by atoms with Crippen LogP contribution in [0.1, 0.15) is 21.5 Å². The number of hydrogen-bond acceptors (Lipinski definition) is 3. The van der Waals surface area contributed by atoms with Crippen LogP contribution >= 0.6 is 23.2 Å². The number of nitrogens with one attached hydrogen (secondary N) is 1. The number of rotatable bonds is 4. The smallest absolute Gasteiger partial charge is 0.272 e. The maximum absolute atomic E-state index is 12.0. The normalized spacial score (nSPS) is 10.7. The number of aryl methyl sites for hydroxylation is 1. The maximum Gasteiger partial charge on any atom is 0.272 e. The van der Waals surface area contributed by atoms with Gasteiger partial charge in [-0.2, -0.15) is 5.10 Å². The third-order valence-electron chi connectivity index (χ3n) is 2.92. The van der Waals surface area contributed by atoms with Crippen molar-refractivity contribution in [1.29, 1.82) is 0 Å². The molecule has 0 aromatic heterocycles. The molecule has 0 saturated heterocycles. The Bertz CT molecular complexity index is 730. The van der Waals surface area contributed by atoms with Gasteiger partial charge in [0.05, 0.1) is 28.9 Å². The number of hydrogen-bond donors (Lipinski definition) is 1. The minimum atomic E-state index is -0.374. The highest BCUT2D eigenvalue weighted by atomic mass is 35.5. The van der Waals surface area contributed by atoms with E-state index in [1.807, 2.05) is 13.0 Å². The van der Waals surface area contributed by atoms with Crippen molar-refractivity contribution in [3.63, 3.8) is 0 Å². The molecule has 4 nitrogen and oxygen atoms in total. The number of ether oxygens (including phenoxy) is 1. The number of amides is 1. The Morgan fingerprint density at radius 3 is 2.59 bits per heavy atom. The highest BCUT2D eigenvalue weighted by Crippen LogP contribution is 2.24. The molecule has 0 unspecified atom stereocenters. The van der Waals surface area contributed by atoms with Crippen LogP contribution in [0.2, 0.25) is 10.0 Å². The van der Waals surface area contributed by atoms with Crippen LogP contribution in [-0.2, 0) is 0 Å². The second kappa shape index (κ2) is 7.29. The summed E-state index contributed by atoms with van der Waals surface area (Å²) in [5.41, 5.74) is 4.52. The van der Waals surface area contributed by atoms with Crippen molar-refractivity contribution in [3.05, 3.63) is 63.1 Å². The van der Waals surface area contributed by atoms with Crippen LogP contribution in [0.3, 0.4) is 0 Å². The van der Waals surface area contributed by atoms with Gasteiger partial charge < -0.3 is 4.74 Å². The van der Waals surface area contributed by atoms with Gasteiger partial charge in [-0.25, -0.2) is 5.43 Å². The predicted octanol–water partition coefficient (Wildman–Crippen LogP) is 4.07. The highest BCUT2D eigenvalue weighted by Gasteiger charge is 2.09. The minimum absolute atomic E-state index is 0.372. The van der Waals surface area contributed by atoms with Gasteiger partial charge in [0.15, 0.2) is 0 Å². The van der Waals surface area contributed by atoms with E-state index in [4.69, 9.17) is 27.9 Å². The van der Waals surface area contributed by atoms with Crippen molar-refractivity contribution in [1.82, 2.24) is 5.43 Å². The minimum Gasteiger partial charge on any atom is -0.495 e. The van der Waals surface area contributed by atoms with Gasteiger partial charge in [0.1, 0.15) is 5.75 Å². The molecule has 114 valence electrons. The van der Waals surface area contributed by atoms with Crippen molar-refractivity contribution >= 4 is 35.3 Å². The molecule has 0 fully saturated rings. The first-order valence-electron chi connectivity index (χ1n) is 6.44. The fourth-order valence-electron chi connectivity index (χ4n) is 1.79. The third-order valence-corrected chi connectivity index (χ3v) is 3.53. The van der Waals surface area contributed by atoms with E-state index in [0.717, 1.165) is 11.1 Å². The van der Waals surface area contributed by atoms with Gasteiger partial charge in [-0.05, 0) is 48.4 Å². The van der Waals surface area contributed by atoms with E-state index in [-0.39, 0.29) is 5.91 Å². The zero-order valence-corrected chi connectivity index (χ0v) is 13.6. The second-order valence-corrected chi connectivity index (χ2v) is 5.39. The molecule has 0 saturated carbocycles. The van der Waals surface area contributed by atoms with E-state index in [9.17, 15) is 4.79 Å². The molecule has 1 N–H and O–H groups in total. The van der Waals surface area contributed by atoms with Gasteiger partial charge in [0.25, 0.3) is 5.91 Å². The lowest BCUT2D eigenvalue weighted by Crippen LogP contribution is -2.18. The van der Waals surface area contributed by atoms with Crippen LogP contribution in [0.25, 0.3) is 0 Å². The highest BCUT2D eigenvalue weighted by molar-refractivity contribution is 6.34. The summed E-state index contributed by atoms with van der Waals surface area (Å²) in [6.45, 7) is 1.90. The van der Waals surface area contributed by atoms with Crippen molar-refractivity contribution in [2.75, 3.05) is 7.11 Å². The van der Waals surface area contributed by atoms with Crippen LogP contribution in [0.15, 0.2) is 41.5 Å². The average molecular weight is 337 g/mol. The van der Waals surface area contributed by atoms with E-state index in [1.165, 1.54) is 6.21 Å². The van der Waals surface area contributed by atoms with Gasteiger partial charge in [-0.15, -0.1) is 0 Å². The molecule has 0 radical (unpaired) electrons. The number of hydrazone groups is 1. The van der Waals surface area contributed by atoms with Crippen LogP contribution in [0, 0.1) is 6.92 Å². The van der Waals surface area contributed by atoms with Crippen molar-refractivity contribution in [2.24, 2.45) is 5.10 Å². The molecule has 0 aliphatic heterocycles. The molecule has 0 spiro atoms. The first kappa shape index (κ1) is 16.3. The summed E-state index contributed by atoms with van der Waals surface area (Å²) in [5, 5.41) is 4.76. The SMILES string of the molecule is COc1ccc(C=NNC(=O)c2ccc(C)cc2Cl)cc1Cl. The van der Waals surface area contributed by atoms with Gasteiger partial charge in [-0.1, -0.05) is 29.3 Å². The zero-order chi connectivity index (χ0) is 16.1. The largest absolute Gasteiger partial charge is 0.495 e. The summed E-state index contributed by atoms with van der Waals surface area (Å²) in [6, 6.07) is 10.4. The number of carbonyl (C=O) groups excluding carboxylic acids is 1. The first-order valence-corrected chi connectivity index (χ1v) is 7.20. The molecule has 0 atom stereocenters. The van der Waals surface area contributed by atoms with Gasteiger partial charge in [-0.3, -0.25) is 4.79 Å². The lowest BCUT2D eigenvalue weighted by atomic mass is 10.1. The average Bonchev–Trinajstić information content (AvgIpc) is 2.47. The Morgan fingerprint density at radius 2 is 1.95 bits per heavy atom. The van der Waals surface area contributed by atoms with Crippen molar-refractivity contribution in [2.45, 2.75) is 6.92 Å². The summed E-state index contributed by atoms with van der Waals surface area (Å²) < 4.78 is 5.06. The quantitative estimate of drug-likeness (QED) is 0.675. The molecular formula is C16H14Cl2N2O2. The monoisotopic (exact) mass is 336 g/mol. The summed E-state index contributed by atoms with van der Waals surface area (Å²) >= 11 is 12.0. The molecule has 22 heavy (non-hydrogen) atoms. The summed E-state index contributed by atoms with van der Waals surface area (Å²) in [4.78, 5) is 12.0. The molecule has 2 rings (SSSR count). The number of benzene rings is 2. The summed E-state index contributed by atoms with van der Waals surface area (Å²) in [7, 11) is 1.54. The zero-order valence-electron chi connectivity index (χ0n) is 12.1. The van der Waals surface area contributed by atoms with Crippen molar-refractivity contribution < 1.29 is 9.53 Å². The maximum atomic E-state index is 12.0. The number of methoxy groups -OCH3 is 1. The topological polar surface area (TPSA) is 50.7 Å². The molecule has 0 bridgehead atoms. The molecule has 0 aliphatic rings. The summed E-state index contributed by atoms with van der Waals surface area (Å²) in [6.07, 6.45) is 1.49. The number of nitrogens with zero attached hydrogens (tertiary/aromatic N) is 1. The third kappa shape index (κ3) is 4.00. The fraction of sp³-hybridized carbons (Fsp3) is 0.125.